The van der Waals surface area contributed by atoms with Crippen molar-refractivity contribution in [3.8, 4) is 0 Å². The Balaban J connectivity index is 1.38. The first-order valence-corrected chi connectivity index (χ1v) is 10.9. The number of rotatable bonds is 7. The zero-order chi connectivity index (χ0) is 22.5. The zero-order valence-corrected chi connectivity index (χ0v) is 18.6. The maximum Gasteiger partial charge on any atom is 0.248 e. The van der Waals surface area contributed by atoms with E-state index in [4.69, 9.17) is 6.57 Å². The smallest absolute Gasteiger partial charge is 0.248 e. The first-order valence-electron chi connectivity index (χ1n) is 10.1. The van der Waals surface area contributed by atoms with Gasteiger partial charge in [0.05, 0.1) is 6.57 Å². The second-order valence-electron chi connectivity index (χ2n) is 7.63. The fourth-order valence-corrected chi connectivity index (χ4v) is 4.40. The third-order valence-electron chi connectivity index (χ3n) is 5.13. The van der Waals surface area contributed by atoms with Gasteiger partial charge in [0, 0.05) is 25.3 Å². The number of carbonyl (C=O) groups excluding carboxylic acids is 1. The molecule has 0 spiro atoms. The van der Waals surface area contributed by atoms with Gasteiger partial charge in [-0.2, -0.15) is 5.10 Å². The van der Waals surface area contributed by atoms with Crippen molar-refractivity contribution < 1.29 is 4.79 Å². The van der Waals surface area contributed by atoms with Gasteiger partial charge in [0.25, 0.3) is 0 Å². The van der Waals surface area contributed by atoms with E-state index in [1.54, 1.807) is 29.3 Å². The van der Waals surface area contributed by atoms with Gasteiger partial charge in [-0.15, -0.1) is 15.3 Å². The number of anilines is 3. The Morgan fingerprint density at radius 3 is 2.84 bits per heavy atom. The summed E-state index contributed by atoms with van der Waals surface area (Å²) in [7, 11) is 3.65. The summed E-state index contributed by atoms with van der Waals surface area (Å²) in [4.78, 5) is 20.4. The summed E-state index contributed by atoms with van der Waals surface area (Å²) in [5.41, 5.74) is 1.25. The van der Waals surface area contributed by atoms with Crippen molar-refractivity contribution in [2.24, 2.45) is 0 Å². The van der Waals surface area contributed by atoms with Crippen molar-refractivity contribution in [3.63, 3.8) is 0 Å². The summed E-state index contributed by atoms with van der Waals surface area (Å²) in [6, 6.07) is 10.6. The lowest BCUT2D eigenvalue weighted by Gasteiger charge is -2.23. The number of hydrogen-bond acceptors (Lipinski definition) is 9. The predicted molar refractivity (Wildman–Crippen MR) is 124 cm³/mol. The topological polar surface area (TPSA) is 104 Å². The van der Waals surface area contributed by atoms with Crippen LogP contribution in [0.1, 0.15) is 18.0 Å². The molecule has 2 N–H and O–H groups in total. The maximum absolute atomic E-state index is 13.0. The van der Waals surface area contributed by atoms with Crippen LogP contribution in [-0.4, -0.2) is 64.4 Å². The van der Waals surface area contributed by atoms with E-state index >= 15 is 0 Å². The fraction of sp³-hybridized carbons (Fsp3) is 0.333. The lowest BCUT2D eigenvalue weighted by molar-refractivity contribution is -0.120. The summed E-state index contributed by atoms with van der Waals surface area (Å²) in [5, 5.41) is 23.7. The normalized spacial score (nSPS) is 16.6. The number of amides is 1. The van der Waals surface area contributed by atoms with Crippen LogP contribution in [0.4, 0.5) is 21.8 Å². The second kappa shape index (κ2) is 9.67. The molecule has 0 saturated carbocycles. The highest BCUT2D eigenvalue weighted by atomic mass is 32.1. The summed E-state index contributed by atoms with van der Waals surface area (Å²) < 4.78 is 0. The van der Waals surface area contributed by atoms with Crippen LogP contribution in [0.5, 0.6) is 0 Å². The summed E-state index contributed by atoms with van der Waals surface area (Å²) in [6.45, 7) is 8.88. The van der Waals surface area contributed by atoms with Gasteiger partial charge >= 0.3 is 0 Å². The minimum absolute atomic E-state index is 0.208. The highest BCUT2D eigenvalue weighted by Gasteiger charge is 2.26. The van der Waals surface area contributed by atoms with E-state index < -0.39 is 6.04 Å². The van der Waals surface area contributed by atoms with Crippen LogP contribution in [0.15, 0.2) is 42.6 Å². The van der Waals surface area contributed by atoms with Crippen molar-refractivity contribution in [2.75, 3.05) is 42.7 Å². The summed E-state index contributed by atoms with van der Waals surface area (Å²) >= 11 is 1.30. The van der Waals surface area contributed by atoms with E-state index in [0.29, 0.717) is 16.0 Å². The Morgan fingerprint density at radius 1 is 1.25 bits per heavy atom. The van der Waals surface area contributed by atoms with E-state index in [1.807, 2.05) is 32.3 Å². The van der Waals surface area contributed by atoms with Crippen LogP contribution in [-0.2, 0) is 4.79 Å². The van der Waals surface area contributed by atoms with Gasteiger partial charge in [-0.3, -0.25) is 15.0 Å². The first-order chi connectivity index (χ1) is 15.5. The number of nitrogens with one attached hydrogen (secondary N) is 2. The molecule has 1 fully saturated rings. The van der Waals surface area contributed by atoms with Crippen LogP contribution < -0.4 is 15.5 Å². The number of hydrogen-bond donors (Lipinski definition) is 2. The van der Waals surface area contributed by atoms with Gasteiger partial charge in [0.2, 0.25) is 16.2 Å². The molecular weight excluding hydrogens is 426 g/mol. The Hall–Kier alpha value is -3.62. The molecule has 0 bridgehead atoms. The summed E-state index contributed by atoms with van der Waals surface area (Å²) in [5.74, 6) is 0.633. The Labute approximate surface area is 190 Å². The lowest BCUT2D eigenvalue weighted by Crippen LogP contribution is -2.32. The molecule has 0 unspecified atom stereocenters. The monoisotopic (exact) mass is 449 g/mol. The minimum atomic E-state index is -0.549. The molecule has 2 aromatic heterocycles. The van der Waals surface area contributed by atoms with Crippen molar-refractivity contribution >= 4 is 39.0 Å². The molecule has 11 heteroatoms. The molecule has 32 heavy (non-hydrogen) atoms. The van der Waals surface area contributed by atoms with Crippen LogP contribution in [0.3, 0.4) is 0 Å². The van der Waals surface area contributed by atoms with E-state index in [1.165, 1.54) is 11.3 Å². The molecule has 1 aromatic carbocycles. The Bertz CT molecular complexity index is 1110. The molecule has 0 radical (unpaired) electrons. The SMILES string of the molecule is [C-]#[N+]c1cccc([C@@H](C(=O)Nc2nnc(N[C@@H]3CCN(c4cccnn4)C3)s2)N(C)C)c1. The van der Waals surface area contributed by atoms with Gasteiger partial charge < -0.3 is 10.2 Å². The van der Waals surface area contributed by atoms with Gasteiger partial charge in [-0.1, -0.05) is 35.6 Å². The zero-order valence-electron chi connectivity index (χ0n) is 17.8. The Morgan fingerprint density at radius 2 is 2.09 bits per heavy atom. The molecule has 1 saturated heterocycles. The Kier molecular flexibility index (Phi) is 6.53. The minimum Gasteiger partial charge on any atom is -0.355 e. The highest BCUT2D eigenvalue weighted by Crippen LogP contribution is 2.27. The maximum atomic E-state index is 13.0. The van der Waals surface area contributed by atoms with E-state index in [0.717, 1.165) is 30.9 Å². The van der Waals surface area contributed by atoms with E-state index in [-0.39, 0.29) is 11.9 Å². The number of nitrogens with zero attached hydrogens (tertiary/aromatic N) is 7. The molecule has 10 nitrogen and oxygen atoms in total. The van der Waals surface area contributed by atoms with Crippen molar-refractivity contribution in [1.29, 1.82) is 0 Å². The standard InChI is InChI=1S/C21H23N9OS/c1-22-15-7-4-6-14(12-15)18(29(2)3)19(31)25-21-28-27-20(32-21)24-16-9-11-30(13-16)17-8-5-10-23-26-17/h4-8,10,12,16,18H,9,11,13H2,2-3H3,(H,24,27)(H,25,28,31)/t16-,18+/m1/s1. The molecule has 1 aliphatic heterocycles. The average molecular weight is 450 g/mol. The molecule has 2 atom stereocenters. The quantitative estimate of drug-likeness (QED) is 0.531. The number of carbonyl (C=O) groups is 1. The molecule has 4 rings (SSSR count). The first kappa shape index (κ1) is 21.6. The number of benzene rings is 1. The largest absolute Gasteiger partial charge is 0.355 e. The average Bonchev–Trinajstić information content (AvgIpc) is 3.44. The lowest BCUT2D eigenvalue weighted by atomic mass is 10.0. The molecule has 0 aliphatic carbocycles. The summed E-state index contributed by atoms with van der Waals surface area (Å²) in [6.07, 6.45) is 2.60. The molecule has 3 aromatic rings. The molecule has 1 aliphatic rings. The van der Waals surface area contributed by atoms with Crippen LogP contribution in [0, 0.1) is 6.57 Å². The van der Waals surface area contributed by atoms with Crippen LogP contribution in [0.2, 0.25) is 0 Å². The third-order valence-corrected chi connectivity index (χ3v) is 5.90. The van der Waals surface area contributed by atoms with Crippen molar-refractivity contribution in [2.45, 2.75) is 18.5 Å². The number of likely N-dealkylation sites (N-methyl/N-ethyl adjacent to an activating group) is 1. The van der Waals surface area contributed by atoms with Crippen LogP contribution in [0.25, 0.3) is 4.85 Å². The van der Waals surface area contributed by atoms with Crippen molar-refractivity contribution in [1.82, 2.24) is 25.3 Å². The van der Waals surface area contributed by atoms with E-state index in [2.05, 4.69) is 40.8 Å². The molecule has 3 heterocycles. The molecule has 164 valence electrons. The molecular formula is C21H23N9OS. The van der Waals surface area contributed by atoms with Gasteiger partial charge in [0.15, 0.2) is 11.5 Å². The van der Waals surface area contributed by atoms with Gasteiger partial charge in [0.1, 0.15) is 6.04 Å². The highest BCUT2D eigenvalue weighted by molar-refractivity contribution is 7.19. The van der Waals surface area contributed by atoms with Crippen LogP contribution >= 0.6 is 11.3 Å². The number of aromatic nitrogens is 4. The van der Waals surface area contributed by atoms with Crippen molar-refractivity contribution in [3.05, 3.63) is 59.6 Å². The fourth-order valence-electron chi connectivity index (χ4n) is 3.68. The van der Waals surface area contributed by atoms with Gasteiger partial charge in [-0.05, 0) is 38.2 Å². The molecule has 1 amide bonds. The second-order valence-corrected chi connectivity index (χ2v) is 8.61. The third kappa shape index (κ3) is 4.99. The van der Waals surface area contributed by atoms with E-state index in [9.17, 15) is 4.79 Å². The van der Waals surface area contributed by atoms with Gasteiger partial charge in [-0.25, -0.2) is 4.85 Å². The predicted octanol–water partition coefficient (Wildman–Crippen LogP) is 2.81.